The Hall–Kier alpha value is -3.23. The van der Waals surface area contributed by atoms with Crippen LogP contribution in [0, 0.1) is 0 Å². The molecule has 9 heteroatoms. The van der Waals surface area contributed by atoms with Gasteiger partial charge in [-0.2, -0.15) is 0 Å². The molecule has 5 rings (SSSR count). The van der Waals surface area contributed by atoms with E-state index in [-0.39, 0.29) is 0 Å². The van der Waals surface area contributed by atoms with Crippen LogP contribution < -0.4 is 11.2 Å². The summed E-state index contributed by atoms with van der Waals surface area (Å²) < 4.78 is 3.14. The number of rotatable bonds is 2. The summed E-state index contributed by atoms with van der Waals surface area (Å²) in [7, 11) is 0. The van der Waals surface area contributed by atoms with E-state index in [0.717, 1.165) is 15.0 Å². The Morgan fingerprint density at radius 3 is 2.85 bits per heavy atom. The van der Waals surface area contributed by atoms with Crippen LogP contribution in [0.15, 0.2) is 64.7 Å². The molecular weight excluding hydrogens is 386 g/mol. The molecule has 1 aromatic carbocycles. The van der Waals surface area contributed by atoms with Gasteiger partial charge in [-0.15, -0.1) is 11.3 Å². The number of imidazole rings is 1. The molecule has 4 heterocycles. The van der Waals surface area contributed by atoms with Crippen LogP contribution in [-0.4, -0.2) is 23.9 Å². The first-order valence-electron chi connectivity index (χ1n) is 7.95. The molecule has 0 saturated heterocycles. The van der Waals surface area contributed by atoms with Gasteiger partial charge in [-0.25, -0.2) is 14.3 Å². The highest BCUT2D eigenvalue weighted by Gasteiger charge is 2.16. The lowest BCUT2D eigenvalue weighted by atomic mass is 10.2. The summed E-state index contributed by atoms with van der Waals surface area (Å²) in [5.41, 5.74) is 0.873. The Morgan fingerprint density at radius 1 is 1.15 bits per heavy atom. The molecule has 7 nitrogen and oxygen atoms in total. The Bertz CT molecular complexity index is 1450. The van der Waals surface area contributed by atoms with Crippen molar-refractivity contribution in [2.45, 2.75) is 0 Å². The van der Waals surface area contributed by atoms with Crippen LogP contribution in [0.4, 0.5) is 0 Å². The first-order chi connectivity index (χ1) is 13.1. The quantitative estimate of drug-likeness (QED) is 0.497. The molecule has 0 aliphatic rings. The maximum atomic E-state index is 13.1. The lowest BCUT2D eigenvalue weighted by Gasteiger charge is -2.06. The number of aromatic amines is 1. The second-order valence-electron chi connectivity index (χ2n) is 5.82. The Morgan fingerprint density at radius 2 is 2.00 bits per heavy atom. The number of nitrogens with one attached hydrogen (secondary N) is 1. The average Bonchev–Trinajstić information content (AvgIpc) is 3.29. The van der Waals surface area contributed by atoms with E-state index < -0.39 is 11.2 Å². The van der Waals surface area contributed by atoms with Crippen molar-refractivity contribution in [1.29, 1.82) is 0 Å². The van der Waals surface area contributed by atoms with E-state index in [1.807, 2.05) is 18.2 Å². The van der Waals surface area contributed by atoms with Crippen molar-refractivity contribution >= 4 is 38.8 Å². The number of fused-ring (bicyclic) bond motifs is 2. The van der Waals surface area contributed by atoms with Crippen molar-refractivity contribution < 1.29 is 0 Å². The van der Waals surface area contributed by atoms with Crippen molar-refractivity contribution in [1.82, 2.24) is 23.9 Å². The summed E-state index contributed by atoms with van der Waals surface area (Å²) in [5, 5.41) is 0.583. The maximum Gasteiger partial charge on any atom is 0.334 e. The fraction of sp³-hybridized carbons (Fsp3) is 0. The van der Waals surface area contributed by atoms with Crippen molar-refractivity contribution in [3.63, 3.8) is 0 Å². The number of hydrogen-bond donors (Lipinski definition) is 1. The predicted octanol–water partition coefficient (Wildman–Crippen LogP) is 3.10. The molecule has 0 unspecified atom stereocenters. The predicted molar refractivity (Wildman–Crippen MR) is 105 cm³/mol. The Labute approximate surface area is 160 Å². The highest BCUT2D eigenvalue weighted by Crippen LogP contribution is 2.34. The van der Waals surface area contributed by atoms with Gasteiger partial charge in [0.1, 0.15) is 10.5 Å². The van der Waals surface area contributed by atoms with Crippen LogP contribution in [0.5, 0.6) is 0 Å². The van der Waals surface area contributed by atoms with Crippen molar-refractivity contribution in [2.75, 3.05) is 0 Å². The smallest absolute Gasteiger partial charge is 0.305 e. The van der Waals surface area contributed by atoms with Gasteiger partial charge in [0.05, 0.1) is 17.9 Å². The van der Waals surface area contributed by atoms with Crippen LogP contribution in [0.3, 0.4) is 0 Å². The van der Waals surface area contributed by atoms with Gasteiger partial charge in [0.2, 0.25) is 0 Å². The number of thiophene rings is 1. The zero-order valence-corrected chi connectivity index (χ0v) is 15.2. The summed E-state index contributed by atoms with van der Waals surface area (Å²) in [4.78, 5) is 37.6. The topological polar surface area (TPSA) is 85.0 Å². The van der Waals surface area contributed by atoms with E-state index in [1.165, 1.54) is 17.5 Å². The van der Waals surface area contributed by atoms with Gasteiger partial charge >= 0.3 is 5.69 Å². The van der Waals surface area contributed by atoms with Crippen LogP contribution in [-0.2, 0) is 0 Å². The first-order valence-corrected chi connectivity index (χ1v) is 9.14. The molecule has 0 aliphatic carbocycles. The van der Waals surface area contributed by atoms with Crippen LogP contribution >= 0.6 is 22.9 Å². The minimum absolute atomic E-state index is 0.325. The van der Waals surface area contributed by atoms with E-state index in [1.54, 1.807) is 35.1 Å². The fourth-order valence-corrected chi connectivity index (χ4v) is 4.39. The molecule has 0 radical (unpaired) electrons. The van der Waals surface area contributed by atoms with Gasteiger partial charge in [-0.1, -0.05) is 29.8 Å². The monoisotopic (exact) mass is 395 g/mol. The number of aromatic nitrogens is 5. The summed E-state index contributed by atoms with van der Waals surface area (Å²) >= 11 is 7.55. The summed E-state index contributed by atoms with van der Waals surface area (Å²) in [6.45, 7) is 0. The molecule has 4 aromatic heterocycles. The molecule has 0 atom stereocenters. The average molecular weight is 396 g/mol. The molecule has 0 amide bonds. The number of H-pyrrole nitrogens is 1. The highest BCUT2D eigenvalue weighted by molar-refractivity contribution is 7.22. The molecule has 0 bridgehead atoms. The zero-order chi connectivity index (χ0) is 18.5. The lowest BCUT2D eigenvalue weighted by molar-refractivity contribution is 0.843. The summed E-state index contributed by atoms with van der Waals surface area (Å²) in [6.07, 6.45) is 6.27. The third-order valence-electron chi connectivity index (χ3n) is 4.24. The summed E-state index contributed by atoms with van der Waals surface area (Å²) in [5.74, 6) is 0.325. The largest absolute Gasteiger partial charge is 0.334 e. The number of benzene rings is 1. The lowest BCUT2D eigenvalue weighted by Crippen LogP contribution is -2.34. The fourth-order valence-electron chi connectivity index (χ4n) is 3.01. The van der Waals surface area contributed by atoms with Crippen LogP contribution in [0.2, 0.25) is 5.02 Å². The van der Waals surface area contributed by atoms with E-state index in [9.17, 15) is 9.59 Å². The SMILES string of the molecule is O=c1[nH]c2cc(-c3ccccc3Cl)sc2c(=O)n1-c1cncc2nccn12. The van der Waals surface area contributed by atoms with Gasteiger partial charge in [0.25, 0.3) is 5.56 Å². The number of halogens is 1. The Balaban J connectivity index is 1.81. The van der Waals surface area contributed by atoms with Gasteiger partial charge in [0.15, 0.2) is 5.65 Å². The van der Waals surface area contributed by atoms with Crippen molar-refractivity contribution in [3.8, 4) is 16.3 Å². The van der Waals surface area contributed by atoms with Crippen molar-refractivity contribution in [2.24, 2.45) is 0 Å². The molecular formula is C18H10ClN5O2S. The molecule has 5 aromatic rings. The molecule has 132 valence electrons. The molecule has 0 fully saturated rings. The normalized spacial score (nSPS) is 11.4. The third-order valence-corrected chi connectivity index (χ3v) is 5.72. The van der Waals surface area contributed by atoms with Gasteiger partial charge in [0, 0.05) is 27.9 Å². The third kappa shape index (κ3) is 2.42. The van der Waals surface area contributed by atoms with Gasteiger partial charge in [-0.3, -0.25) is 14.2 Å². The van der Waals surface area contributed by atoms with Crippen LogP contribution in [0.25, 0.3) is 32.1 Å². The highest BCUT2D eigenvalue weighted by atomic mass is 35.5. The van der Waals surface area contributed by atoms with Gasteiger partial charge in [-0.05, 0) is 12.1 Å². The minimum atomic E-state index is -0.543. The summed E-state index contributed by atoms with van der Waals surface area (Å²) in [6, 6.07) is 9.14. The van der Waals surface area contributed by atoms with E-state index in [2.05, 4.69) is 15.0 Å². The van der Waals surface area contributed by atoms with Crippen LogP contribution in [0.1, 0.15) is 0 Å². The first kappa shape index (κ1) is 16.0. The Kier molecular flexibility index (Phi) is 3.49. The minimum Gasteiger partial charge on any atom is -0.305 e. The van der Waals surface area contributed by atoms with Gasteiger partial charge < -0.3 is 4.98 Å². The van der Waals surface area contributed by atoms with E-state index >= 15 is 0 Å². The second-order valence-corrected chi connectivity index (χ2v) is 7.28. The second kappa shape index (κ2) is 5.90. The van der Waals surface area contributed by atoms with E-state index in [4.69, 9.17) is 11.6 Å². The number of hydrogen-bond acceptors (Lipinski definition) is 5. The zero-order valence-electron chi connectivity index (χ0n) is 13.6. The molecule has 0 aliphatic heterocycles. The molecule has 0 spiro atoms. The standard InChI is InChI=1S/C18H10ClN5O2S/c19-11-4-2-1-3-10(11)13-7-12-16(27-13)17(25)24(18(26)22-12)15-9-20-8-14-21-5-6-23(14)15/h1-9H,(H,22,26). The van der Waals surface area contributed by atoms with Crippen molar-refractivity contribution in [3.05, 3.63) is 81.0 Å². The molecule has 27 heavy (non-hydrogen) atoms. The molecule has 1 N–H and O–H groups in total. The van der Waals surface area contributed by atoms with E-state index in [0.29, 0.717) is 26.7 Å². The maximum absolute atomic E-state index is 13.1. The molecule has 0 saturated carbocycles. The number of nitrogens with zero attached hydrogens (tertiary/aromatic N) is 4.